The molecular formula is C13H21ClN2OS. The summed E-state index contributed by atoms with van der Waals surface area (Å²) in [6.45, 7) is 6.35. The van der Waals surface area contributed by atoms with Gasteiger partial charge < -0.3 is 11.1 Å². The van der Waals surface area contributed by atoms with Crippen molar-refractivity contribution in [3.05, 3.63) is 21.3 Å². The molecule has 1 atom stereocenters. The molecule has 0 aliphatic carbocycles. The molecule has 0 saturated carbocycles. The van der Waals surface area contributed by atoms with Gasteiger partial charge in [-0.3, -0.25) is 4.79 Å². The third-order valence-electron chi connectivity index (χ3n) is 3.59. The largest absolute Gasteiger partial charge is 0.348 e. The number of nitrogens with two attached hydrogens (primary N) is 1. The Kier molecular flexibility index (Phi) is 5.63. The Morgan fingerprint density at radius 3 is 2.50 bits per heavy atom. The molecule has 1 unspecified atom stereocenters. The summed E-state index contributed by atoms with van der Waals surface area (Å²) < 4.78 is 0.738. The van der Waals surface area contributed by atoms with Gasteiger partial charge in [0.1, 0.15) is 0 Å². The number of rotatable bonds is 6. The topological polar surface area (TPSA) is 55.1 Å². The number of halogens is 1. The lowest BCUT2D eigenvalue weighted by molar-refractivity contribution is -0.131. The molecule has 0 saturated heterocycles. The van der Waals surface area contributed by atoms with Crippen molar-refractivity contribution in [2.24, 2.45) is 11.1 Å². The van der Waals surface area contributed by atoms with Crippen LogP contribution in [0.2, 0.25) is 4.34 Å². The summed E-state index contributed by atoms with van der Waals surface area (Å²) in [4.78, 5) is 13.4. The van der Waals surface area contributed by atoms with Gasteiger partial charge in [0.25, 0.3) is 0 Å². The molecule has 0 fully saturated rings. The predicted octanol–water partition coefficient (Wildman–Crippen LogP) is 3.34. The van der Waals surface area contributed by atoms with Gasteiger partial charge in [-0.25, -0.2) is 0 Å². The number of nitrogens with one attached hydrogen (secondary N) is 1. The number of carbonyl (C=O) groups excluding carboxylic acids is 1. The minimum absolute atomic E-state index is 0.0287. The van der Waals surface area contributed by atoms with Crippen molar-refractivity contribution in [2.45, 2.75) is 39.7 Å². The van der Waals surface area contributed by atoms with Crippen LogP contribution in [0.3, 0.4) is 0 Å². The van der Waals surface area contributed by atoms with Crippen LogP contribution in [0.5, 0.6) is 0 Å². The highest BCUT2D eigenvalue weighted by atomic mass is 35.5. The number of amides is 1. The van der Waals surface area contributed by atoms with Gasteiger partial charge in [-0.1, -0.05) is 25.4 Å². The second-order valence-electron chi connectivity index (χ2n) is 4.53. The first kappa shape index (κ1) is 15.5. The molecule has 0 aliphatic heterocycles. The van der Waals surface area contributed by atoms with Gasteiger partial charge in [0.2, 0.25) is 5.91 Å². The third kappa shape index (κ3) is 3.25. The van der Waals surface area contributed by atoms with Crippen LogP contribution in [0.15, 0.2) is 12.1 Å². The fraction of sp³-hybridized carbons (Fsp3) is 0.615. The summed E-state index contributed by atoms with van der Waals surface area (Å²) in [5, 5.41) is 3.04. The second kappa shape index (κ2) is 6.55. The minimum atomic E-state index is -0.449. The van der Waals surface area contributed by atoms with Crippen molar-refractivity contribution in [3.8, 4) is 0 Å². The molecule has 1 aromatic rings. The van der Waals surface area contributed by atoms with E-state index in [0.29, 0.717) is 6.54 Å². The summed E-state index contributed by atoms with van der Waals surface area (Å²) in [5.74, 6) is 0.0343. The molecule has 1 amide bonds. The number of hydrogen-bond acceptors (Lipinski definition) is 3. The van der Waals surface area contributed by atoms with Crippen LogP contribution in [0.4, 0.5) is 0 Å². The van der Waals surface area contributed by atoms with E-state index in [0.717, 1.165) is 22.1 Å². The molecule has 1 rings (SSSR count). The Morgan fingerprint density at radius 1 is 1.50 bits per heavy atom. The molecule has 1 heterocycles. The fourth-order valence-electron chi connectivity index (χ4n) is 1.93. The molecule has 5 heteroatoms. The average Bonchev–Trinajstić information content (AvgIpc) is 2.79. The molecule has 102 valence electrons. The maximum atomic E-state index is 12.3. The quantitative estimate of drug-likeness (QED) is 0.843. The molecule has 0 spiro atoms. The van der Waals surface area contributed by atoms with Crippen LogP contribution in [-0.2, 0) is 4.79 Å². The molecule has 3 N–H and O–H groups in total. The Bertz CT molecular complexity index is 393. The van der Waals surface area contributed by atoms with E-state index >= 15 is 0 Å². The Labute approximate surface area is 118 Å². The lowest BCUT2D eigenvalue weighted by Gasteiger charge is -2.30. The van der Waals surface area contributed by atoms with Gasteiger partial charge in [0.15, 0.2) is 0 Å². The van der Waals surface area contributed by atoms with Crippen molar-refractivity contribution in [1.82, 2.24) is 5.32 Å². The molecule has 0 bridgehead atoms. The lowest BCUT2D eigenvalue weighted by atomic mass is 9.81. The van der Waals surface area contributed by atoms with Crippen LogP contribution in [0.1, 0.15) is 44.5 Å². The zero-order valence-electron chi connectivity index (χ0n) is 11.1. The fourth-order valence-corrected chi connectivity index (χ4v) is 3.00. The van der Waals surface area contributed by atoms with E-state index in [1.807, 2.05) is 32.9 Å². The van der Waals surface area contributed by atoms with Crippen LogP contribution in [0, 0.1) is 5.41 Å². The molecule has 18 heavy (non-hydrogen) atoms. The summed E-state index contributed by atoms with van der Waals surface area (Å²) in [6, 6.07) is 3.76. The minimum Gasteiger partial charge on any atom is -0.348 e. The first-order valence-electron chi connectivity index (χ1n) is 6.25. The number of carbonyl (C=O) groups is 1. The van der Waals surface area contributed by atoms with Gasteiger partial charge in [-0.05, 0) is 31.9 Å². The molecular weight excluding hydrogens is 268 g/mol. The molecule has 3 nitrogen and oxygen atoms in total. The van der Waals surface area contributed by atoms with Crippen molar-refractivity contribution in [2.75, 3.05) is 6.54 Å². The molecule has 0 aliphatic rings. The maximum Gasteiger partial charge on any atom is 0.227 e. The average molecular weight is 289 g/mol. The third-order valence-corrected chi connectivity index (χ3v) is 5.01. The maximum absolute atomic E-state index is 12.3. The zero-order valence-corrected chi connectivity index (χ0v) is 12.7. The van der Waals surface area contributed by atoms with Gasteiger partial charge >= 0.3 is 0 Å². The molecule has 0 radical (unpaired) electrons. The SMILES string of the molecule is CCC(CC)(CN)C(=O)NC(C)c1ccc(Cl)s1. The van der Waals surface area contributed by atoms with E-state index in [9.17, 15) is 4.79 Å². The van der Waals surface area contributed by atoms with Gasteiger partial charge in [0, 0.05) is 11.4 Å². The zero-order chi connectivity index (χ0) is 13.8. The van der Waals surface area contributed by atoms with Crippen molar-refractivity contribution < 1.29 is 4.79 Å². The highest BCUT2D eigenvalue weighted by Crippen LogP contribution is 2.29. The standard InChI is InChI=1S/C13H21ClN2OS/c1-4-13(5-2,8-15)12(17)16-9(3)10-6-7-11(14)18-10/h6-7,9H,4-5,8,15H2,1-3H3,(H,16,17). The van der Waals surface area contributed by atoms with Gasteiger partial charge in [-0.15, -0.1) is 11.3 Å². The van der Waals surface area contributed by atoms with Crippen molar-refractivity contribution >= 4 is 28.8 Å². The van der Waals surface area contributed by atoms with E-state index in [2.05, 4.69) is 5.32 Å². The predicted molar refractivity (Wildman–Crippen MR) is 78.0 cm³/mol. The van der Waals surface area contributed by atoms with Crippen molar-refractivity contribution in [1.29, 1.82) is 0 Å². The van der Waals surface area contributed by atoms with Crippen molar-refractivity contribution in [3.63, 3.8) is 0 Å². The monoisotopic (exact) mass is 288 g/mol. The highest BCUT2D eigenvalue weighted by Gasteiger charge is 2.34. The van der Waals surface area contributed by atoms with Gasteiger partial charge in [-0.2, -0.15) is 0 Å². The summed E-state index contributed by atoms with van der Waals surface area (Å²) in [7, 11) is 0. The summed E-state index contributed by atoms with van der Waals surface area (Å²) in [6.07, 6.45) is 1.51. The lowest BCUT2D eigenvalue weighted by Crippen LogP contribution is -2.45. The number of thiophene rings is 1. The highest BCUT2D eigenvalue weighted by molar-refractivity contribution is 7.16. The van der Waals surface area contributed by atoms with E-state index in [1.54, 1.807) is 0 Å². The van der Waals surface area contributed by atoms with Crippen LogP contribution >= 0.6 is 22.9 Å². The molecule has 1 aromatic heterocycles. The molecule has 0 aromatic carbocycles. The van der Waals surface area contributed by atoms with E-state index in [4.69, 9.17) is 17.3 Å². The Morgan fingerprint density at radius 2 is 2.11 bits per heavy atom. The first-order chi connectivity index (χ1) is 8.49. The Balaban J connectivity index is 2.75. The second-order valence-corrected chi connectivity index (χ2v) is 6.28. The first-order valence-corrected chi connectivity index (χ1v) is 7.44. The normalized spacial score (nSPS) is 13.4. The van der Waals surface area contributed by atoms with E-state index in [1.165, 1.54) is 11.3 Å². The summed E-state index contributed by atoms with van der Waals surface area (Å²) >= 11 is 7.39. The smallest absolute Gasteiger partial charge is 0.227 e. The van der Waals surface area contributed by atoms with Crippen LogP contribution in [0.25, 0.3) is 0 Å². The van der Waals surface area contributed by atoms with E-state index in [-0.39, 0.29) is 11.9 Å². The van der Waals surface area contributed by atoms with Gasteiger partial charge in [0.05, 0.1) is 15.8 Å². The Hall–Kier alpha value is -0.580. The number of hydrogen-bond donors (Lipinski definition) is 2. The van der Waals surface area contributed by atoms with E-state index < -0.39 is 5.41 Å². The summed E-state index contributed by atoms with van der Waals surface area (Å²) in [5.41, 5.74) is 5.32. The van der Waals surface area contributed by atoms with Crippen LogP contribution < -0.4 is 11.1 Å². The van der Waals surface area contributed by atoms with Crippen LogP contribution in [-0.4, -0.2) is 12.5 Å².